The van der Waals surface area contributed by atoms with E-state index < -0.39 is 6.10 Å². The summed E-state index contributed by atoms with van der Waals surface area (Å²) in [5, 5.41) is 10.8. The number of aliphatic hydroxyl groups is 1. The van der Waals surface area contributed by atoms with E-state index in [9.17, 15) is 5.11 Å². The van der Waals surface area contributed by atoms with Gasteiger partial charge in [0.05, 0.1) is 20.3 Å². The number of thioether (sulfide) groups is 1. The molecule has 0 amide bonds. The van der Waals surface area contributed by atoms with E-state index in [-0.39, 0.29) is 0 Å². The highest BCUT2D eigenvalue weighted by Crippen LogP contribution is 2.40. The molecule has 0 aliphatic rings. The molecule has 0 aliphatic carbocycles. The van der Waals surface area contributed by atoms with E-state index in [0.717, 1.165) is 16.5 Å². The van der Waals surface area contributed by atoms with Crippen LogP contribution in [0.5, 0.6) is 11.5 Å². The van der Waals surface area contributed by atoms with Gasteiger partial charge < -0.3 is 14.6 Å². The van der Waals surface area contributed by atoms with Crippen molar-refractivity contribution in [3.8, 4) is 11.5 Å². The SMILES string of the molecule is CCC(C)SCC(O)c1ccc(OC)c(Br)c1OC. The summed E-state index contributed by atoms with van der Waals surface area (Å²) >= 11 is 5.21. The molecule has 2 unspecified atom stereocenters. The first-order valence-corrected chi connectivity index (χ1v) is 8.09. The molecule has 0 fully saturated rings. The van der Waals surface area contributed by atoms with Crippen LogP contribution in [-0.4, -0.2) is 30.3 Å². The Kier molecular flexibility index (Phi) is 7.04. The fourth-order valence-electron chi connectivity index (χ4n) is 1.64. The average molecular weight is 349 g/mol. The monoisotopic (exact) mass is 348 g/mol. The van der Waals surface area contributed by atoms with Crippen molar-refractivity contribution in [1.82, 2.24) is 0 Å². The first kappa shape index (κ1) is 16.7. The standard InChI is InChI=1S/C14H21BrO3S/c1-5-9(2)19-8-11(16)10-6-7-12(17-3)13(15)14(10)18-4/h6-7,9,11,16H,5,8H2,1-4H3. The van der Waals surface area contributed by atoms with Crippen molar-refractivity contribution in [1.29, 1.82) is 0 Å². The van der Waals surface area contributed by atoms with Gasteiger partial charge in [-0.25, -0.2) is 0 Å². The molecule has 1 aromatic carbocycles. The van der Waals surface area contributed by atoms with Gasteiger partial charge in [-0.1, -0.05) is 13.8 Å². The van der Waals surface area contributed by atoms with Crippen LogP contribution in [-0.2, 0) is 0 Å². The summed E-state index contributed by atoms with van der Waals surface area (Å²) in [6.45, 7) is 4.31. The molecule has 0 aliphatic heterocycles. The fourth-order valence-corrected chi connectivity index (χ4v) is 3.25. The lowest BCUT2D eigenvalue weighted by Gasteiger charge is -2.18. The Bertz CT molecular complexity index is 412. The molecule has 19 heavy (non-hydrogen) atoms. The molecule has 0 saturated heterocycles. The minimum absolute atomic E-state index is 0.544. The third-order valence-corrected chi connectivity index (χ3v) is 5.15. The molecule has 0 radical (unpaired) electrons. The van der Waals surface area contributed by atoms with Gasteiger partial charge in [0.25, 0.3) is 0 Å². The summed E-state index contributed by atoms with van der Waals surface area (Å²) in [6, 6.07) is 3.68. The quantitative estimate of drug-likeness (QED) is 0.807. The van der Waals surface area contributed by atoms with E-state index in [1.54, 1.807) is 26.0 Å². The third-order valence-electron chi connectivity index (χ3n) is 2.99. The molecule has 1 N–H and O–H groups in total. The van der Waals surface area contributed by atoms with Crippen molar-refractivity contribution in [2.45, 2.75) is 31.6 Å². The molecule has 0 heterocycles. The van der Waals surface area contributed by atoms with Gasteiger partial charge in [-0.3, -0.25) is 0 Å². The average Bonchev–Trinajstić information content (AvgIpc) is 2.43. The zero-order chi connectivity index (χ0) is 14.4. The fraction of sp³-hybridized carbons (Fsp3) is 0.571. The maximum absolute atomic E-state index is 10.3. The number of methoxy groups -OCH3 is 2. The minimum Gasteiger partial charge on any atom is -0.495 e. The first-order chi connectivity index (χ1) is 9.04. The smallest absolute Gasteiger partial charge is 0.142 e. The van der Waals surface area contributed by atoms with Crippen molar-refractivity contribution in [3.05, 3.63) is 22.2 Å². The lowest BCUT2D eigenvalue weighted by Crippen LogP contribution is -2.07. The van der Waals surface area contributed by atoms with Crippen LogP contribution < -0.4 is 9.47 Å². The van der Waals surface area contributed by atoms with Crippen LogP contribution in [0.1, 0.15) is 31.9 Å². The molecule has 1 rings (SSSR count). The number of rotatable bonds is 7. The summed E-state index contributed by atoms with van der Waals surface area (Å²) in [5.41, 5.74) is 0.783. The van der Waals surface area contributed by atoms with Gasteiger partial charge in [-0.05, 0) is 34.5 Å². The highest BCUT2D eigenvalue weighted by molar-refractivity contribution is 9.10. The molecule has 108 valence electrons. The van der Waals surface area contributed by atoms with Gasteiger partial charge in [0.15, 0.2) is 0 Å². The second kappa shape index (κ2) is 8.02. The number of halogens is 1. The lowest BCUT2D eigenvalue weighted by molar-refractivity contribution is 0.198. The lowest BCUT2D eigenvalue weighted by atomic mass is 10.1. The molecule has 0 aromatic heterocycles. The summed E-state index contributed by atoms with van der Waals surface area (Å²) in [5.74, 6) is 1.99. The molecule has 3 nitrogen and oxygen atoms in total. The molecule has 0 bridgehead atoms. The number of ether oxygens (including phenoxy) is 2. The van der Waals surface area contributed by atoms with Crippen LogP contribution in [0.3, 0.4) is 0 Å². The van der Waals surface area contributed by atoms with Crippen molar-refractivity contribution in [2.75, 3.05) is 20.0 Å². The highest BCUT2D eigenvalue weighted by atomic mass is 79.9. The largest absolute Gasteiger partial charge is 0.495 e. The van der Waals surface area contributed by atoms with Crippen molar-refractivity contribution in [2.24, 2.45) is 0 Å². The number of aliphatic hydroxyl groups excluding tert-OH is 1. The van der Waals surface area contributed by atoms with E-state index >= 15 is 0 Å². The van der Waals surface area contributed by atoms with E-state index in [2.05, 4.69) is 29.8 Å². The van der Waals surface area contributed by atoms with Crippen LogP contribution in [0.4, 0.5) is 0 Å². The van der Waals surface area contributed by atoms with Crippen molar-refractivity contribution >= 4 is 27.7 Å². The molecular formula is C14H21BrO3S. The maximum atomic E-state index is 10.3. The summed E-state index contributed by atoms with van der Waals surface area (Å²) in [6.07, 6.45) is 0.553. The van der Waals surface area contributed by atoms with E-state index in [1.807, 2.05) is 12.1 Å². The number of hydrogen-bond donors (Lipinski definition) is 1. The highest BCUT2D eigenvalue weighted by Gasteiger charge is 2.19. The maximum Gasteiger partial charge on any atom is 0.142 e. The van der Waals surface area contributed by atoms with Crippen molar-refractivity contribution in [3.63, 3.8) is 0 Å². The molecule has 1 aromatic rings. The zero-order valence-electron chi connectivity index (χ0n) is 11.8. The van der Waals surface area contributed by atoms with Gasteiger partial charge in [-0.2, -0.15) is 11.8 Å². The van der Waals surface area contributed by atoms with E-state index in [1.165, 1.54) is 0 Å². The Morgan fingerprint density at radius 3 is 2.53 bits per heavy atom. The van der Waals surface area contributed by atoms with Crippen LogP contribution in [0.2, 0.25) is 0 Å². The van der Waals surface area contributed by atoms with Gasteiger partial charge in [0, 0.05) is 16.6 Å². The second-order valence-corrected chi connectivity index (χ2v) is 6.54. The topological polar surface area (TPSA) is 38.7 Å². The zero-order valence-corrected chi connectivity index (χ0v) is 14.2. The Balaban J connectivity index is 2.90. The molecule has 5 heteroatoms. The number of hydrogen-bond acceptors (Lipinski definition) is 4. The Morgan fingerprint density at radius 2 is 2.00 bits per heavy atom. The molecule has 0 saturated carbocycles. The Labute approximate surface area is 127 Å². The van der Waals surface area contributed by atoms with Gasteiger partial charge in [0.2, 0.25) is 0 Å². The predicted molar refractivity (Wildman–Crippen MR) is 84.4 cm³/mol. The normalized spacial score (nSPS) is 14.0. The third kappa shape index (κ3) is 4.29. The van der Waals surface area contributed by atoms with Gasteiger partial charge in [0.1, 0.15) is 16.0 Å². The Hall–Kier alpha value is -0.390. The summed E-state index contributed by atoms with van der Waals surface area (Å²) in [7, 11) is 3.20. The Morgan fingerprint density at radius 1 is 1.32 bits per heavy atom. The second-order valence-electron chi connectivity index (χ2n) is 4.27. The van der Waals surface area contributed by atoms with E-state index in [4.69, 9.17) is 9.47 Å². The minimum atomic E-state index is -0.545. The molecule has 2 atom stereocenters. The summed E-state index contributed by atoms with van der Waals surface area (Å²) < 4.78 is 11.3. The van der Waals surface area contributed by atoms with Crippen LogP contribution in [0, 0.1) is 0 Å². The van der Waals surface area contributed by atoms with Gasteiger partial charge in [-0.15, -0.1) is 0 Å². The first-order valence-electron chi connectivity index (χ1n) is 6.25. The predicted octanol–water partition coefficient (Wildman–Crippen LogP) is 4.03. The molecular weight excluding hydrogens is 328 g/mol. The van der Waals surface area contributed by atoms with Crippen LogP contribution >= 0.6 is 27.7 Å². The van der Waals surface area contributed by atoms with Crippen molar-refractivity contribution < 1.29 is 14.6 Å². The van der Waals surface area contributed by atoms with Crippen LogP contribution in [0.25, 0.3) is 0 Å². The van der Waals surface area contributed by atoms with Crippen LogP contribution in [0.15, 0.2) is 16.6 Å². The molecule has 0 spiro atoms. The van der Waals surface area contributed by atoms with Gasteiger partial charge >= 0.3 is 0 Å². The summed E-state index contributed by atoms with van der Waals surface area (Å²) in [4.78, 5) is 0. The number of benzene rings is 1. The van der Waals surface area contributed by atoms with E-state index in [0.29, 0.717) is 22.5 Å².